The van der Waals surface area contributed by atoms with E-state index in [1.807, 2.05) is 0 Å². The lowest BCUT2D eigenvalue weighted by atomic mass is 10.00. The summed E-state index contributed by atoms with van der Waals surface area (Å²) in [6.07, 6.45) is 4.88. The molecule has 1 aromatic rings. The number of nitrogens with zero attached hydrogens (tertiary/aromatic N) is 5. The third-order valence-electron chi connectivity index (χ3n) is 4.44. The van der Waals surface area contributed by atoms with Crippen LogP contribution in [0.2, 0.25) is 0 Å². The lowest BCUT2D eigenvalue weighted by Gasteiger charge is -2.31. The van der Waals surface area contributed by atoms with Crippen molar-refractivity contribution in [2.24, 2.45) is 5.92 Å². The van der Waals surface area contributed by atoms with Gasteiger partial charge in [0.2, 0.25) is 5.95 Å². The molecule has 6 nitrogen and oxygen atoms in total. The van der Waals surface area contributed by atoms with Crippen molar-refractivity contribution in [3.05, 3.63) is 0 Å². The van der Waals surface area contributed by atoms with Gasteiger partial charge in [-0.05, 0) is 31.6 Å². The van der Waals surface area contributed by atoms with Crippen molar-refractivity contribution in [2.45, 2.75) is 50.4 Å². The van der Waals surface area contributed by atoms with E-state index in [0.717, 1.165) is 56.1 Å². The molecule has 0 radical (unpaired) electrons. The Hall–Kier alpha value is -1.26. The summed E-state index contributed by atoms with van der Waals surface area (Å²) in [4.78, 5) is 2.33. The molecule has 0 aromatic carbocycles. The van der Waals surface area contributed by atoms with E-state index in [2.05, 4.69) is 32.7 Å². The Morgan fingerprint density at radius 3 is 2.82 bits per heavy atom. The fraction of sp³-hybridized carbons (Fsp3) is 0.800. The zero-order chi connectivity index (χ0) is 15.4. The second-order valence-corrected chi connectivity index (χ2v) is 7.09. The Morgan fingerprint density at radius 2 is 2.14 bits per heavy atom. The Bertz CT molecular complexity index is 527. The van der Waals surface area contributed by atoms with Gasteiger partial charge in [0.25, 0.3) is 0 Å². The average Bonchev–Trinajstić information content (AvgIpc) is 3.17. The van der Waals surface area contributed by atoms with E-state index in [-0.39, 0.29) is 6.10 Å². The molecule has 22 heavy (non-hydrogen) atoms. The van der Waals surface area contributed by atoms with Crippen LogP contribution in [-0.4, -0.2) is 46.3 Å². The van der Waals surface area contributed by atoms with Crippen molar-refractivity contribution in [1.29, 1.82) is 5.26 Å². The first kappa shape index (κ1) is 15.6. The summed E-state index contributed by atoms with van der Waals surface area (Å²) < 4.78 is 7.94. The van der Waals surface area contributed by atoms with Crippen LogP contribution in [0.25, 0.3) is 0 Å². The second-order valence-electron chi connectivity index (χ2n) is 6.14. The molecule has 0 spiro atoms. The number of aromatic nitrogens is 3. The number of anilines is 1. The number of hydrogen-bond donors (Lipinski definition) is 0. The van der Waals surface area contributed by atoms with Gasteiger partial charge in [0.05, 0.1) is 24.5 Å². The van der Waals surface area contributed by atoms with Crippen molar-refractivity contribution in [2.75, 3.05) is 30.3 Å². The van der Waals surface area contributed by atoms with Crippen molar-refractivity contribution >= 4 is 17.7 Å². The molecule has 1 atom stereocenters. The van der Waals surface area contributed by atoms with E-state index in [9.17, 15) is 0 Å². The normalized spacial score (nSPS) is 22.9. The van der Waals surface area contributed by atoms with E-state index in [0.29, 0.717) is 5.75 Å². The first-order valence-corrected chi connectivity index (χ1v) is 9.06. The number of hydrogen-bond acceptors (Lipinski definition) is 6. The first-order chi connectivity index (χ1) is 10.8. The Kier molecular flexibility index (Phi) is 5.21. The van der Waals surface area contributed by atoms with Gasteiger partial charge in [0, 0.05) is 19.7 Å². The smallest absolute Gasteiger partial charge is 0.228 e. The summed E-state index contributed by atoms with van der Waals surface area (Å²) in [6, 6.07) is 2.17. The molecule has 2 aliphatic heterocycles. The van der Waals surface area contributed by atoms with Crippen molar-refractivity contribution in [3.63, 3.8) is 0 Å². The quantitative estimate of drug-likeness (QED) is 0.775. The highest BCUT2D eigenvalue weighted by Gasteiger charge is 2.25. The van der Waals surface area contributed by atoms with Gasteiger partial charge in [-0.2, -0.15) is 5.26 Å². The van der Waals surface area contributed by atoms with E-state index >= 15 is 0 Å². The van der Waals surface area contributed by atoms with Crippen LogP contribution in [0.1, 0.15) is 32.6 Å². The topological polar surface area (TPSA) is 67.0 Å². The van der Waals surface area contributed by atoms with Crippen LogP contribution in [-0.2, 0) is 11.3 Å². The molecule has 0 N–H and O–H groups in total. The Morgan fingerprint density at radius 1 is 1.32 bits per heavy atom. The van der Waals surface area contributed by atoms with Gasteiger partial charge in [-0.15, -0.1) is 10.2 Å². The summed E-state index contributed by atoms with van der Waals surface area (Å²) in [5, 5.41) is 18.4. The predicted octanol–water partition coefficient (Wildman–Crippen LogP) is 2.31. The van der Waals surface area contributed by atoms with Gasteiger partial charge in [0.1, 0.15) is 0 Å². The standard InChI is InChI=1S/C15H23N5OS/c1-12-4-7-19(8-5-12)14-17-18-15(22-10-6-16)20(14)11-13-3-2-9-21-13/h12-13H,2-5,7-11H2,1H3. The van der Waals surface area contributed by atoms with Gasteiger partial charge >= 0.3 is 0 Å². The fourth-order valence-electron chi connectivity index (χ4n) is 3.08. The molecule has 3 rings (SSSR count). The maximum atomic E-state index is 8.82. The summed E-state index contributed by atoms with van der Waals surface area (Å²) in [5.74, 6) is 2.14. The lowest BCUT2D eigenvalue weighted by Crippen LogP contribution is -2.35. The van der Waals surface area contributed by atoms with Gasteiger partial charge in [0.15, 0.2) is 5.16 Å². The molecule has 0 aliphatic carbocycles. The van der Waals surface area contributed by atoms with Crippen molar-refractivity contribution in [3.8, 4) is 6.07 Å². The van der Waals surface area contributed by atoms with Crippen LogP contribution in [0, 0.1) is 17.2 Å². The first-order valence-electron chi connectivity index (χ1n) is 8.07. The average molecular weight is 321 g/mol. The molecule has 0 bridgehead atoms. The zero-order valence-corrected chi connectivity index (χ0v) is 13.9. The molecule has 1 aromatic heterocycles. The van der Waals surface area contributed by atoms with E-state index < -0.39 is 0 Å². The molecule has 7 heteroatoms. The number of nitriles is 1. The molecule has 2 saturated heterocycles. The van der Waals surface area contributed by atoms with Gasteiger partial charge < -0.3 is 9.64 Å². The third-order valence-corrected chi connectivity index (χ3v) is 5.27. The van der Waals surface area contributed by atoms with Crippen molar-refractivity contribution < 1.29 is 4.74 Å². The largest absolute Gasteiger partial charge is 0.376 e. The number of rotatable bonds is 5. The van der Waals surface area contributed by atoms with Crippen LogP contribution in [0.3, 0.4) is 0 Å². The molecule has 0 amide bonds. The maximum absolute atomic E-state index is 8.82. The van der Waals surface area contributed by atoms with Crippen LogP contribution < -0.4 is 4.90 Å². The monoisotopic (exact) mass is 321 g/mol. The second kappa shape index (κ2) is 7.34. The maximum Gasteiger partial charge on any atom is 0.228 e. The Balaban J connectivity index is 1.78. The SMILES string of the molecule is CC1CCN(c2nnc(SCC#N)n2CC2CCCO2)CC1. The minimum atomic E-state index is 0.250. The molecule has 3 heterocycles. The minimum Gasteiger partial charge on any atom is -0.376 e. The minimum absolute atomic E-state index is 0.250. The molecule has 2 fully saturated rings. The fourth-order valence-corrected chi connectivity index (χ4v) is 3.68. The number of piperidine rings is 1. The Labute approximate surface area is 135 Å². The van der Waals surface area contributed by atoms with Gasteiger partial charge in [-0.25, -0.2) is 0 Å². The van der Waals surface area contributed by atoms with Crippen LogP contribution in [0.5, 0.6) is 0 Å². The van der Waals surface area contributed by atoms with E-state index in [4.69, 9.17) is 10.00 Å². The van der Waals surface area contributed by atoms with E-state index in [1.54, 1.807) is 0 Å². The van der Waals surface area contributed by atoms with Crippen LogP contribution in [0.15, 0.2) is 5.16 Å². The molecule has 120 valence electrons. The molecule has 0 saturated carbocycles. The molecular weight excluding hydrogens is 298 g/mol. The summed E-state index contributed by atoms with van der Waals surface area (Å²) in [6.45, 7) is 6.02. The van der Waals surface area contributed by atoms with Gasteiger partial charge in [-0.3, -0.25) is 4.57 Å². The van der Waals surface area contributed by atoms with Crippen LogP contribution >= 0.6 is 11.8 Å². The third kappa shape index (κ3) is 3.55. The molecular formula is C15H23N5OS. The molecule has 1 unspecified atom stereocenters. The number of thioether (sulfide) groups is 1. The predicted molar refractivity (Wildman–Crippen MR) is 85.9 cm³/mol. The number of ether oxygens (including phenoxy) is 1. The highest BCUT2D eigenvalue weighted by atomic mass is 32.2. The van der Waals surface area contributed by atoms with Crippen LogP contribution in [0.4, 0.5) is 5.95 Å². The van der Waals surface area contributed by atoms with Gasteiger partial charge in [-0.1, -0.05) is 18.7 Å². The highest BCUT2D eigenvalue weighted by molar-refractivity contribution is 7.99. The summed E-state index contributed by atoms with van der Waals surface area (Å²) in [7, 11) is 0. The van der Waals surface area contributed by atoms with E-state index in [1.165, 1.54) is 24.6 Å². The van der Waals surface area contributed by atoms with Crippen molar-refractivity contribution in [1.82, 2.24) is 14.8 Å². The lowest BCUT2D eigenvalue weighted by molar-refractivity contribution is 0.0951. The zero-order valence-electron chi connectivity index (χ0n) is 13.1. The summed E-state index contributed by atoms with van der Waals surface area (Å²) in [5.41, 5.74) is 0. The molecule has 2 aliphatic rings. The highest BCUT2D eigenvalue weighted by Crippen LogP contribution is 2.27. The summed E-state index contributed by atoms with van der Waals surface area (Å²) >= 11 is 1.46.